The summed E-state index contributed by atoms with van der Waals surface area (Å²) in [5.41, 5.74) is 1.86. The van der Waals surface area contributed by atoms with Gasteiger partial charge in [0.05, 0.1) is 24.2 Å². The second kappa shape index (κ2) is 13.5. The van der Waals surface area contributed by atoms with Crippen LogP contribution in [-0.2, 0) is 30.4 Å². The molecule has 1 aromatic heterocycles. The zero-order chi connectivity index (χ0) is 27.8. The lowest BCUT2D eigenvalue weighted by Gasteiger charge is -2.24. The third-order valence-electron chi connectivity index (χ3n) is 6.97. The third-order valence-corrected chi connectivity index (χ3v) is 8.10. The number of benzene rings is 1. The molecule has 11 heteroatoms. The van der Waals surface area contributed by atoms with Gasteiger partial charge in [0, 0.05) is 22.6 Å². The fraction of sp³-hybridized carbons (Fsp3) is 0.519. The van der Waals surface area contributed by atoms with E-state index < -0.39 is 35.7 Å². The van der Waals surface area contributed by atoms with E-state index in [1.54, 1.807) is 0 Å². The van der Waals surface area contributed by atoms with Crippen molar-refractivity contribution in [3.8, 4) is 0 Å². The van der Waals surface area contributed by atoms with Crippen molar-refractivity contribution in [3.63, 3.8) is 0 Å². The topological polar surface area (TPSA) is 149 Å². The fourth-order valence-corrected chi connectivity index (χ4v) is 5.56. The molecule has 0 radical (unpaired) electrons. The van der Waals surface area contributed by atoms with Crippen molar-refractivity contribution in [2.75, 3.05) is 18.8 Å². The second-order valence-corrected chi connectivity index (χ2v) is 10.7. The Bertz CT molecular complexity index is 1200. The molecule has 1 aliphatic heterocycles. The van der Waals surface area contributed by atoms with Gasteiger partial charge in [-0.15, -0.1) is 11.8 Å². The Hall–Kier alpha value is -3.34. The highest BCUT2D eigenvalue weighted by Crippen LogP contribution is 2.32. The van der Waals surface area contributed by atoms with Crippen LogP contribution in [0.15, 0.2) is 29.3 Å². The maximum absolute atomic E-state index is 13.1. The Balaban J connectivity index is 1.94. The van der Waals surface area contributed by atoms with Crippen molar-refractivity contribution in [2.45, 2.75) is 64.1 Å². The summed E-state index contributed by atoms with van der Waals surface area (Å²) in [6, 6.07) is 6.14. The van der Waals surface area contributed by atoms with Crippen LogP contribution in [0.4, 0.5) is 0 Å². The number of Topliss-reactive ketones (excluding diaryl/α,β-unsaturated/α-hetero) is 1. The minimum atomic E-state index is -0.869. The van der Waals surface area contributed by atoms with Crippen LogP contribution < -0.4 is 21.3 Å². The molecule has 3 rings (SSSR count). The molecule has 0 aliphatic carbocycles. The summed E-state index contributed by atoms with van der Waals surface area (Å²) in [4.78, 5) is 66.9. The molecule has 1 aromatic carbocycles. The molecule has 10 nitrogen and oxygen atoms in total. The zero-order valence-electron chi connectivity index (χ0n) is 22.3. The van der Waals surface area contributed by atoms with Gasteiger partial charge in [0.15, 0.2) is 5.78 Å². The van der Waals surface area contributed by atoms with Crippen molar-refractivity contribution in [2.24, 2.45) is 11.8 Å². The summed E-state index contributed by atoms with van der Waals surface area (Å²) in [6.07, 6.45) is 1.61. The number of H-pyrrole nitrogens is 1. The van der Waals surface area contributed by atoms with Crippen LogP contribution in [0.1, 0.15) is 46.1 Å². The van der Waals surface area contributed by atoms with Crippen LogP contribution in [0.5, 0.6) is 0 Å². The van der Waals surface area contributed by atoms with Gasteiger partial charge in [-0.3, -0.25) is 24.0 Å². The molecule has 0 spiro atoms. The molecule has 0 saturated carbocycles. The number of nitrogens with one attached hydrogen (secondary N) is 5. The Morgan fingerprint density at radius 1 is 1.00 bits per heavy atom. The van der Waals surface area contributed by atoms with E-state index in [-0.39, 0.29) is 36.5 Å². The first-order valence-electron chi connectivity index (χ1n) is 13.0. The number of carbonyl (C=O) groups excluding carboxylic acids is 5. The van der Waals surface area contributed by atoms with Crippen LogP contribution in [0.2, 0.25) is 0 Å². The highest BCUT2D eigenvalue weighted by atomic mass is 32.2. The smallest absolute Gasteiger partial charge is 0.243 e. The molecule has 0 bridgehead atoms. The van der Waals surface area contributed by atoms with Gasteiger partial charge in [-0.05, 0) is 37.3 Å². The van der Waals surface area contributed by atoms with Crippen LogP contribution in [0, 0.1) is 11.8 Å². The highest BCUT2D eigenvalue weighted by molar-refractivity contribution is 7.99. The Kier molecular flexibility index (Phi) is 10.3. The quantitative estimate of drug-likeness (QED) is 0.396. The number of aromatic nitrogens is 1. The lowest BCUT2D eigenvalue weighted by atomic mass is 9.95. The summed E-state index contributed by atoms with van der Waals surface area (Å²) >= 11 is 1.40. The third kappa shape index (κ3) is 7.37. The van der Waals surface area contributed by atoms with E-state index in [0.717, 1.165) is 21.5 Å². The zero-order valence-corrected chi connectivity index (χ0v) is 23.1. The van der Waals surface area contributed by atoms with E-state index >= 15 is 0 Å². The van der Waals surface area contributed by atoms with Crippen LogP contribution in [0.3, 0.4) is 0 Å². The summed E-state index contributed by atoms with van der Waals surface area (Å²) < 4.78 is 0. The SMILES string of the molecule is CC[C@H]1Cc2c([nH]c3ccccc23)SC[C@@H](C(C)=O)NC(=O)CNC(=O)[C@H]([C@@H](C)CC)NC(=O)CNC1=O. The van der Waals surface area contributed by atoms with Crippen molar-refractivity contribution in [1.82, 2.24) is 26.3 Å². The van der Waals surface area contributed by atoms with E-state index in [2.05, 4.69) is 26.3 Å². The van der Waals surface area contributed by atoms with E-state index in [1.807, 2.05) is 45.0 Å². The van der Waals surface area contributed by atoms with Crippen molar-refractivity contribution in [1.29, 1.82) is 0 Å². The molecule has 38 heavy (non-hydrogen) atoms. The standard InChI is InChI=1S/C27H37N5O5S/c1-5-15(3)24-26(37)29-12-22(34)30-21(16(4)33)14-38-27-19(18-9-7-8-10-20(18)31-27)11-17(6-2)25(36)28-13-23(35)32-24/h7-10,15,17,21,24,31H,5-6,11-14H2,1-4H3,(H,28,36)(H,29,37)(H,30,34)(H,32,35)/t15-,17-,21-,24-/m0/s1. The Morgan fingerprint density at radius 3 is 2.32 bits per heavy atom. The number of hydrogen-bond donors (Lipinski definition) is 5. The number of thioether (sulfide) groups is 1. The van der Waals surface area contributed by atoms with E-state index in [9.17, 15) is 24.0 Å². The second-order valence-electron chi connectivity index (χ2n) is 9.70. The predicted molar refractivity (Wildman–Crippen MR) is 147 cm³/mol. The monoisotopic (exact) mass is 543 g/mol. The molecule has 5 N–H and O–H groups in total. The van der Waals surface area contributed by atoms with E-state index in [0.29, 0.717) is 19.3 Å². The van der Waals surface area contributed by atoms with Crippen LogP contribution >= 0.6 is 11.8 Å². The molecule has 206 valence electrons. The summed E-state index contributed by atoms with van der Waals surface area (Å²) in [5, 5.41) is 12.5. The minimum Gasteiger partial charge on any atom is -0.349 e. The first-order chi connectivity index (χ1) is 18.1. The lowest BCUT2D eigenvalue weighted by molar-refractivity contribution is -0.132. The number of hydrogen-bond acceptors (Lipinski definition) is 6. The van der Waals surface area contributed by atoms with Gasteiger partial charge >= 0.3 is 0 Å². The Labute approximate surface area is 226 Å². The van der Waals surface area contributed by atoms with Crippen molar-refractivity contribution in [3.05, 3.63) is 29.8 Å². The first kappa shape index (κ1) is 29.2. The van der Waals surface area contributed by atoms with Gasteiger partial charge in [-0.25, -0.2) is 0 Å². The van der Waals surface area contributed by atoms with Crippen LogP contribution in [0.25, 0.3) is 10.9 Å². The minimum absolute atomic E-state index is 0.201. The molecule has 1 aliphatic rings. The summed E-state index contributed by atoms with van der Waals surface area (Å²) in [6.45, 7) is 6.46. The molecule has 0 unspecified atom stereocenters. The van der Waals surface area contributed by atoms with Gasteiger partial charge in [0.1, 0.15) is 6.04 Å². The molecule has 4 amide bonds. The highest BCUT2D eigenvalue weighted by Gasteiger charge is 2.28. The molecule has 0 saturated heterocycles. The summed E-state index contributed by atoms with van der Waals surface area (Å²) in [5.74, 6) is -2.25. The number of amides is 4. The van der Waals surface area contributed by atoms with Gasteiger partial charge in [-0.2, -0.15) is 0 Å². The number of rotatable bonds is 4. The predicted octanol–water partition coefficient (Wildman–Crippen LogP) is 1.68. The van der Waals surface area contributed by atoms with E-state index in [1.165, 1.54) is 18.7 Å². The van der Waals surface area contributed by atoms with Gasteiger partial charge in [0.25, 0.3) is 0 Å². The summed E-state index contributed by atoms with van der Waals surface area (Å²) in [7, 11) is 0. The number of ketones is 1. The van der Waals surface area contributed by atoms with E-state index in [4.69, 9.17) is 0 Å². The number of carbonyl (C=O) groups is 5. The first-order valence-corrected chi connectivity index (χ1v) is 14.0. The van der Waals surface area contributed by atoms with Crippen molar-refractivity contribution < 1.29 is 24.0 Å². The Morgan fingerprint density at radius 2 is 1.66 bits per heavy atom. The number of aromatic amines is 1. The normalized spacial score (nSPS) is 23.2. The fourth-order valence-electron chi connectivity index (χ4n) is 4.36. The molecule has 2 aromatic rings. The maximum atomic E-state index is 13.1. The maximum Gasteiger partial charge on any atom is 0.243 e. The molecule has 4 atom stereocenters. The average Bonchev–Trinajstić information content (AvgIpc) is 3.25. The van der Waals surface area contributed by atoms with Crippen LogP contribution in [-0.4, -0.2) is 65.3 Å². The lowest BCUT2D eigenvalue weighted by Crippen LogP contribution is -2.54. The van der Waals surface area contributed by atoms with Crippen molar-refractivity contribution >= 4 is 52.1 Å². The molecular weight excluding hydrogens is 506 g/mol. The molecule has 0 fully saturated rings. The number of para-hydroxylation sites is 1. The van der Waals surface area contributed by atoms with Gasteiger partial charge < -0.3 is 26.3 Å². The van der Waals surface area contributed by atoms with Gasteiger partial charge in [-0.1, -0.05) is 45.4 Å². The van der Waals surface area contributed by atoms with Gasteiger partial charge in [0.2, 0.25) is 23.6 Å². The molecule has 2 heterocycles. The number of fused-ring (bicyclic) bond motifs is 3. The molecular formula is C27H37N5O5S. The largest absolute Gasteiger partial charge is 0.349 e. The average molecular weight is 544 g/mol.